The summed E-state index contributed by atoms with van der Waals surface area (Å²) >= 11 is 0. The molecule has 126 valence electrons. The summed E-state index contributed by atoms with van der Waals surface area (Å²) in [5, 5.41) is 2.78. The van der Waals surface area contributed by atoms with E-state index >= 15 is 0 Å². The molecule has 1 amide bonds. The van der Waals surface area contributed by atoms with Crippen LogP contribution >= 0.6 is 0 Å². The molecule has 0 aliphatic carbocycles. The lowest BCUT2D eigenvalue weighted by Crippen LogP contribution is -2.20. The topological polar surface area (TPSA) is 76.6 Å². The predicted octanol–water partition coefficient (Wildman–Crippen LogP) is 2.35. The Labute approximate surface area is 140 Å². The van der Waals surface area contributed by atoms with Gasteiger partial charge < -0.3 is 19.7 Å². The molecule has 0 saturated carbocycles. The van der Waals surface area contributed by atoms with Crippen LogP contribution in [0.4, 0.5) is 11.5 Å². The Kier molecular flexibility index (Phi) is 4.79. The number of rotatable bonds is 5. The van der Waals surface area contributed by atoms with E-state index in [-0.39, 0.29) is 11.6 Å². The van der Waals surface area contributed by atoms with Gasteiger partial charge in [-0.2, -0.15) is 0 Å². The summed E-state index contributed by atoms with van der Waals surface area (Å²) in [4.78, 5) is 23.1. The summed E-state index contributed by atoms with van der Waals surface area (Å²) in [6.45, 7) is 1.97. The van der Waals surface area contributed by atoms with E-state index in [9.17, 15) is 4.79 Å². The van der Waals surface area contributed by atoms with Crippen molar-refractivity contribution in [2.45, 2.75) is 12.8 Å². The van der Waals surface area contributed by atoms with E-state index in [1.807, 2.05) is 0 Å². The van der Waals surface area contributed by atoms with Crippen LogP contribution in [0.1, 0.15) is 23.3 Å². The van der Waals surface area contributed by atoms with Crippen molar-refractivity contribution in [2.75, 3.05) is 37.5 Å². The number of carbonyl (C=O) groups is 1. The van der Waals surface area contributed by atoms with Crippen molar-refractivity contribution in [3.8, 4) is 11.5 Å². The van der Waals surface area contributed by atoms with Crippen LogP contribution in [-0.2, 0) is 0 Å². The first-order valence-corrected chi connectivity index (χ1v) is 7.81. The second-order valence-corrected chi connectivity index (χ2v) is 5.47. The van der Waals surface area contributed by atoms with Crippen molar-refractivity contribution in [1.82, 2.24) is 9.97 Å². The SMILES string of the molecule is COc1ccc(OC)c(NC(=O)c2cnc(N3CCCC3)cn2)c1. The van der Waals surface area contributed by atoms with E-state index in [2.05, 4.69) is 20.2 Å². The molecule has 7 nitrogen and oxygen atoms in total. The number of nitrogens with one attached hydrogen (secondary N) is 1. The molecule has 1 fully saturated rings. The number of methoxy groups -OCH3 is 2. The monoisotopic (exact) mass is 328 g/mol. The molecule has 1 aliphatic rings. The maximum atomic E-state index is 12.4. The van der Waals surface area contributed by atoms with Crippen molar-refractivity contribution in [1.29, 1.82) is 0 Å². The van der Waals surface area contributed by atoms with Gasteiger partial charge in [0.15, 0.2) is 0 Å². The van der Waals surface area contributed by atoms with Crippen LogP contribution in [-0.4, -0.2) is 43.2 Å². The number of amides is 1. The quantitative estimate of drug-likeness (QED) is 0.908. The van der Waals surface area contributed by atoms with Crippen LogP contribution in [0, 0.1) is 0 Å². The van der Waals surface area contributed by atoms with Crippen molar-refractivity contribution in [2.24, 2.45) is 0 Å². The lowest BCUT2D eigenvalue weighted by Gasteiger charge is -2.15. The number of hydrogen-bond donors (Lipinski definition) is 1. The first-order chi connectivity index (χ1) is 11.7. The van der Waals surface area contributed by atoms with Gasteiger partial charge in [-0.1, -0.05) is 0 Å². The second kappa shape index (κ2) is 7.16. The lowest BCUT2D eigenvalue weighted by molar-refractivity contribution is 0.102. The number of carbonyl (C=O) groups excluding carboxylic acids is 1. The van der Waals surface area contributed by atoms with Crippen LogP contribution in [0.5, 0.6) is 11.5 Å². The average Bonchev–Trinajstić information content (AvgIpc) is 3.16. The molecule has 1 aromatic carbocycles. The van der Waals surface area contributed by atoms with Gasteiger partial charge in [0.25, 0.3) is 5.91 Å². The average molecular weight is 328 g/mol. The molecule has 0 atom stereocenters. The zero-order valence-corrected chi connectivity index (χ0v) is 13.8. The summed E-state index contributed by atoms with van der Waals surface area (Å²) in [7, 11) is 3.11. The van der Waals surface area contributed by atoms with E-state index in [0.29, 0.717) is 17.2 Å². The van der Waals surface area contributed by atoms with Crippen molar-refractivity contribution >= 4 is 17.4 Å². The third-order valence-electron chi connectivity index (χ3n) is 3.96. The molecule has 24 heavy (non-hydrogen) atoms. The fourth-order valence-corrected chi connectivity index (χ4v) is 2.65. The highest BCUT2D eigenvalue weighted by Crippen LogP contribution is 2.29. The third-order valence-corrected chi connectivity index (χ3v) is 3.96. The van der Waals surface area contributed by atoms with Gasteiger partial charge in [0.05, 0.1) is 32.3 Å². The summed E-state index contributed by atoms with van der Waals surface area (Å²) in [5.41, 5.74) is 0.773. The van der Waals surface area contributed by atoms with Gasteiger partial charge in [-0.05, 0) is 25.0 Å². The van der Waals surface area contributed by atoms with Gasteiger partial charge in [0, 0.05) is 19.2 Å². The van der Waals surface area contributed by atoms with Crippen molar-refractivity contribution in [3.63, 3.8) is 0 Å². The summed E-state index contributed by atoms with van der Waals surface area (Å²) in [6, 6.07) is 5.19. The maximum absolute atomic E-state index is 12.4. The number of nitrogens with zero attached hydrogens (tertiary/aromatic N) is 3. The number of aromatic nitrogens is 2. The minimum absolute atomic E-state index is 0.253. The molecule has 2 aromatic rings. The molecule has 0 radical (unpaired) electrons. The lowest BCUT2D eigenvalue weighted by atomic mass is 10.2. The van der Waals surface area contributed by atoms with Gasteiger partial charge in [0.1, 0.15) is 23.0 Å². The van der Waals surface area contributed by atoms with Crippen molar-refractivity contribution in [3.05, 3.63) is 36.3 Å². The highest BCUT2D eigenvalue weighted by atomic mass is 16.5. The Morgan fingerprint density at radius 1 is 1.12 bits per heavy atom. The molecule has 0 bridgehead atoms. The molecule has 0 spiro atoms. The van der Waals surface area contributed by atoms with Crippen LogP contribution in [0.2, 0.25) is 0 Å². The Bertz CT molecular complexity index is 712. The largest absolute Gasteiger partial charge is 0.497 e. The molecule has 1 aromatic heterocycles. The van der Waals surface area contributed by atoms with Crippen LogP contribution in [0.25, 0.3) is 0 Å². The molecule has 3 rings (SSSR count). The summed E-state index contributed by atoms with van der Waals surface area (Å²) < 4.78 is 10.4. The molecule has 1 saturated heterocycles. The van der Waals surface area contributed by atoms with E-state index in [1.54, 1.807) is 38.6 Å². The molecule has 1 aliphatic heterocycles. The second-order valence-electron chi connectivity index (χ2n) is 5.47. The summed E-state index contributed by atoms with van der Waals surface area (Å²) in [5.74, 6) is 1.64. The molecule has 7 heteroatoms. The highest BCUT2D eigenvalue weighted by molar-refractivity contribution is 6.03. The smallest absolute Gasteiger partial charge is 0.275 e. The Balaban J connectivity index is 1.75. The van der Waals surface area contributed by atoms with Gasteiger partial charge >= 0.3 is 0 Å². The fraction of sp³-hybridized carbons (Fsp3) is 0.353. The van der Waals surface area contributed by atoms with Gasteiger partial charge in [0.2, 0.25) is 0 Å². The third kappa shape index (κ3) is 3.40. The minimum atomic E-state index is -0.345. The first kappa shape index (κ1) is 16.0. The van der Waals surface area contributed by atoms with Gasteiger partial charge in [-0.25, -0.2) is 9.97 Å². The minimum Gasteiger partial charge on any atom is -0.497 e. The zero-order valence-electron chi connectivity index (χ0n) is 13.8. The van der Waals surface area contributed by atoms with E-state index in [4.69, 9.17) is 9.47 Å². The van der Waals surface area contributed by atoms with Crippen LogP contribution in [0.15, 0.2) is 30.6 Å². The highest BCUT2D eigenvalue weighted by Gasteiger charge is 2.16. The van der Waals surface area contributed by atoms with E-state index < -0.39 is 0 Å². The molecular formula is C17H20N4O3. The molecule has 0 unspecified atom stereocenters. The summed E-state index contributed by atoms with van der Waals surface area (Å²) in [6.07, 6.45) is 5.47. The van der Waals surface area contributed by atoms with Crippen molar-refractivity contribution < 1.29 is 14.3 Å². The van der Waals surface area contributed by atoms with Crippen LogP contribution < -0.4 is 19.7 Å². The normalized spacial score (nSPS) is 13.7. The van der Waals surface area contributed by atoms with E-state index in [1.165, 1.54) is 19.0 Å². The first-order valence-electron chi connectivity index (χ1n) is 7.81. The Morgan fingerprint density at radius 3 is 2.54 bits per heavy atom. The number of hydrogen-bond acceptors (Lipinski definition) is 6. The number of benzene rings is 1. The molecule has 2 heterocycles. The Morgan fingerprint density at radius 2 is 1.92 bits per heavy atom. The predicted molar refractivity (Wildman–Crippen MR) is 91.0 cm³/mol. The molecular weight excluding hydrogens is 308 g/mol. The number of ether oxygens (including phenoxy) is 2. The van der Waals surface area contributed by atoms with Crippen LogP contribution in [0.3, 0.4) is 0 Å². The fourth-order valence-electron chi connectivity index (χ4n) is 2.65. The molecule has 1 N–H and O–H groups in total. The maximum Gasteiger partial charge on any atom is 0.275 e. The van der Waals surface area contributed by atoms with Gasteiger partial charge in [-0.3, -0.25) is 4.79 Å². The standard InChI is InChI=1S/C17H20N4O3/c1-23-12-5-6-15(24-2)13(9-12)20-17(22)14-10-19-16(11-18-14)21-7-3-4-8-21/h5-6,9-11H,3-4,7-8H2,1-2H3,(H,20,22). The van der Waals surface area contributed by atoms with E-state index in [0.717, 1.165) is 18.9 Å². The number of anilines is 2. The zero-order chi connectivity index (χ0) is 16.9. The Hall–Kier alpha value is -2.83. The van der Waals surface area contributed by atoms with Gasteiger partial charge in [-0.15, -0.1) is 0 Å².